The molecule has 0 bridgehead atoms. The van der Waals surface area contributed by atoms with E-state index in [-0.39, 0.29) is 28.2 Å². The normalized spacial score (nSPS) is 13.0. The molecule has 41 heavy (non-hydrogen) atoms. The fourth-order valence-corrected chi connectivity index (χ4v) is 4.49. The Morgan fingerprint density at radius 3 is 1.27 bits per heavy atom. The first-order valence-corrected chi connectivity index (χ1v) is 15.1. The monoisotopic (exact) mass is 597 g/mol. The van der Waals surface area contributed by atoms with Crippen LogP contribution in [-0.4, -0.2) is 19.8 Å². The van der Waals surface area contributed by atoms with E-state index in [9.17, 15) is 0 Å². The second-order valence-corrected chi connectivity index (χ2v) is 14.3. The van der Waals surface area contributed by atoms with Crippen molar-refractivity contribution in [3.8, 4) is 0 Å². The van der Waals surface area contributed by atoms with Gasteiger partial charge in [0.15, 0.2) is 0 Å². The Labute approximate surface area is 265 Å². The van der Waals surface area contributed by atoms with E-state index in [1.165, 1.54) is 22.3 Å². The molecule has 0 heterocycles. The van der Waals surface area contributed by atoms with Gasteiger partial charge in [-0.25, -0.2) is 0 Å². The van der Waals surface area contributed by atoms with Gasteiger partial charge in [-0.2, -0.15) is 19.8 Å². The number of aliphatic imine (C=N–C) groups is 1. The Kier molecular flexibility index (Phi) is 15.9. The Morgan fingerprint density at radius 1 is 0.634 bits per heavy atom. The number of hydrogen-bond donors (Lipinski definition) is 0. The molecule has 0 spiro atoms. The molecule has 0 saturated heterocycles. The van der Waals surface area contributed by atoms with Gasteiger partial charge in [-0.1, -0.05) is 151 Å². The molecule has 2 rings (SSSR count). The topological polar surface area (TPSA) is 40.6 Å². The van der Waals surface area contributed by atoms with Crippen LogP contribution in [0.2, 0.25) is 0 Å². The van der Waals surface area contributed by atoms with Crippen molar-refractivity contribution in [1.82, 2.24) is 0 Å². The molecule has 0 aliphatic rings. The van der Waals surface area contributed by atoms with Gasteiger partial charge < -0.3 is 10.6 Å². The minimum atomic E-state index is -0.136. The minimum absolute atomic E-state index is 0. The predicted molar refractivity (Wildman–Crippen MR) is 182 cm³/mol. The third kappa shape index (κ3) is 11.4. The number of nitrogens with zero attached hydrogens (tertiary/aromatic N) is 3. The van der Waals surface area contributed by atoms with Crippen molar-refractivity contribution in [3.63, 3.8) is 0 Å². The quantitative estimate of drug-likeness (QED) is 0.272. The third-order valence-electron chi connectivity index (χ3n) is 6.96. The SMILES string of the molecule is CC(C)c1cccc(C(C)C)c1N=C(/C=C(\[N-]c1c(C(C)C)cccc1C(C)C)C(C)(C)C)C(C)(C)C.C[N-]C.[Cr+2]. The fourth-order valence-electron chi connectivity index (χ4n) is 4.49. The van der Waals surface area contributed by atoms with E-state index in [4.69, 9.17) is 10.3 Å². The fraction of sp³-hybridized carbons (Fsp3) is 0.595. The van der Waals surface area contributed by atoms with Gasteiger partial charge in [0.25, 0.3) is 0 Å². The average molecular weight is 598 g/mol. The molecule has 0 aliphatic heterocycles. The van der Waals surface area contributed by atoms with E-state index in [0.717, 1.165) is 22.8 Å². The molecular weight excluding hydrogens is 538 g/mol. The van der Waals surface area contributed by atoms with Crippen molar-refractivity contribution in [2.45, 2.75) is 121 Å². The second kappa shape index (κ2) is 16.7. The summed E-state index contributed by atoms with van der Waals surface area (Å²) in [5, 5.41) is 8.96. The summed E-state index contributed by atoms with van der Waals surface area (Å²) in [6.07, 6.45) is 2.28. The molecule has 0 fully saturated rings. The van der Waals surface area contributed by atoms with Crippen LogP contribution in [0.25, 0.3) is 10.6 Å². The summed E-state index contributed by atoms with van der Waals surface area (Å²) in [6, 6.07) is 13.3. The number of benzene rings is 2. The zero-order valence-corrected chi connectivity index (χ0v) is 30.4. The summed E-state index contributed by atoms with van der Waals surface area (Å²) in [5.41, 5.74) is 9.37. The van der Waals surface area contributed by atoms with Crippen molar-refractivity contribution in [3.05, 3.63) is 81.1 Å². The number of rotatable bonds is 8. The van der Waals surface area contributed by atoms with Gasteiger partial charge >= 0.3 is 17.4 Å². The van der Waals surface area contributed by atoms with E-state index in [2.05, 4.69) is 145 Å². The van der Waals surface area contributed by atoms with Gasteiger partial charge in [-0.15, -0.1) is 5.69 Å². The summed E-state index contributed by atoms with van der Waals surface area (Å²) < 4.78 is 0. The first-order chi connectivity index (χ1) is 18.4. The standard InChI is InChI=1S/C35H53N2.C2H6N.Cr/c1-22(2)26-17-15-18-27(23(3)4)32(26)36-30(34(9,10)11)21-31(35(12,13)14)37-33-28(24(5)6)19-16-20-29(33)25(7)8;1-3-2;/h15-25H,1-14H3;1-2H3;/q2*-1;+2/b30-21-,37-31?;;. The van der Waals surface area contributed by atoms with E-state index in [1.54, 1.807) is 14.1 Å². The van der Waals surface area contributed by atoms with Gasteiger partial charge in [0.2, 0.25) is 0 Å². The molecule has 0 aromatic heterocycles. The zero-order valence-electron chi connectivity index (χ0n) is 29.1. The molecule has 0 N–H and O–H groups in total. The van der Waals surface area contributed by atoms with E-state index in [1.807, 2.05) is 0 Å². The largest absolute Gasteiger partial charge is 2.00 e. The molecule has 4 heteroatoms. The maximum absolute atomic E-state index is 5.46. The smallest absolute Gasteiger partial charge is 0.668 e. The molecule has 0 atom stereocenters. The van der Waals surface area contributed by atoms with Crippen molar-refractivity contribution in [2.24, 2.45) is 15.8 Å². The van der Waals surface area contributed by atoms with Gasteiger partial charge in [0, 0.05) is 11.1 Å². The van der Waals surface area contributed by atoms with E-state index >= 15 is 0 Å². The first-order valence-electron chi connectivity index (χ1n) is 15.1. The Balaban J connectivity index is 0.00000382. The predicted octanol–water partition coefficient (Wildman–Crippen LogP) is 12.6. The maximum Gasteiger partial charge on any atom is 2.00 e. The van der Waals surface area contributed by atoms with Crippen molar-refractivity contribution >= 4 is 17.1 Å². The molecule has 2 aromatic carbocycles. The molecule has 228 valence electrons. The number of para-hydroxylation sites is 2. The van der Waals surface area contributed by atoms with E-state index in [0.29, 0.717) is 23.7 Å². The van der Waals surface area contributed by atoms with Gasteiger partial charge in [-0.3, -0.25) is 4.99 Å². The summed E-state index contributed by atoms with van der Waals surface area (Å²) >= 11 is 0. The molecule has 0 saturated carbocycles. The molecule has 0 aliphatic carbocycles. The Bertz CT molecular complexity index is 1090. The summed E-state index contributed by atoms with van der Waals surface area (Å²) in [6.45, 7) is 31.7. The van der Waals surface area contributed by atoms with Crippen molar-refractivity contribution < 1.29 is 17.4 Å². The minimum Gasteiger partial charge on any atom is -0.668 e. The summed E-state index contributed by atoms with van der Waals surface area (Å²) in [4.78, 5) is 5.46. The van der Waals surface area contributed by atoms with Gasteiger partial charge in [0.1, 0.15) is 0 Å². The van der Waals surface area contributed by atoms with Crippen LogP contribution in [0, 0.1) is 10.8 Å². The Hall–Kier alpha value is -1.86. The molecule has 3 nitrogen and oxygen atoms in total. The van der Waals surface area contributed by atoms with Crippen molar-refractivity contribution in [1.29, 1.82) is 0 Å². The second-order valence-electron chi connectivity index (χ2n) is 14.3. The maximum atomic E-state index is 5.46. The molecular formula is C37H59CrN3. The first kappa shape index (κ1) is 39.1. The Morgan fingerprint density at radius 2 is 0.976 bits per heavy atom. The van der Waals surface area contributed by atoms with Crippen LogP contribution < -0.4 is 0 Å². The van der Waals surface area contributed by atoms with Crippen molar-refractivity contribution in [2.75, 3.05) is 14.1 Å². The van der Waals surface area contributed by atoms with Crippen LogP contribution in [-0.2, 0) is 17.4 Å². The van der Waals surface area contributed by atoms with Crippen LogP contribution >= 0.6 is 0 Å². The van der Waals surface area contributed by atoms with Crippen LogP contribution in [0.5, 0.6) is 0 Å². The molecule has 2 aromatic rings. The van der Waals surface area contributed by atoms with Crippen LogP contribution in [0.1, 0.15) is 143 Å². The zero-order chi connectivity index (χ0) is 31.0. The molecule has 0 unspecified atom stereocenters. The van der Waals surface area contributed by atoms with Gasteiger partial charge in [0.05, 0.1) is 5.69 Å². The number of allylic oxidation sites excluding steroid dienone is 2. The number of hydrogen-bond acceptors (Lipinski definition) is 1. The van der Waals surface area contributed by atoms with Crippen LogP contribution in [0.4, 0.5) is 11.4 Å². The molecule has 0 amide bonds. The van der Waals surface area contributed by atoms with Crippen LogP contribution in [0.3, 0.4) is 0 Å². The molecule has 0 radical (unpaired) electrons. The van der Waals surface area contributed by atoms with Crippen LogP contribution in [0.15, 0.2) is 53.2 Å². The van der Waals surface area contributed by atoms with Gasteiger partial charge in [-0.05, 0) is 40.2 Å². The summed E-state index contributed by atoms with van der Waals surface area (Å²) in [7, 11) is 3.50. The summed E-state index contributed by atoms with van der Waals surface area (Å²) in [5.74, 6) is 1.61. The van der Waals surface area contributed by atoms with E-state index < -0.39 is 0 Å². The average Bonchev–Trinajstić information content (AvgIpc) is 2.81. The third-order valence-corrected chi connectivity index (χ3v) is 6.96.